The van der Waals surface area contributed by atoms with Gasteiger partial charge in [-0.05, 0) is 25.0 Å². The summed E-state index contributed by atoms with van der Waals surface area (Å²) >= 11 is 0. The number of phenols is 1. The fourth-order valence-corrected chi connectivity index (χ4v) is 1.68. The molecule has 0 aliphatic heterocycles. The Bertz CT molecular complexity index is 502. The molecule has 20 heavy (non-hydrogen) atoms. The SMILES string of the molecule is CCC(C)C(C)NC(=O)Nc1cccc(C(=O)O)c1O. The van der Waals surface area contributed by atoms with E-state index in [9.17, 15) is 14.7 Å². The van der Waals surface area contributed by atoms with Gasteiger partial charge in [-0.3, -0.25) is 0 Å². The van der Waals surface area contributed by atoms with Gasteiger partial charge in [-0.1, -0.05) is 26.3 Å². The van der Waals surface area contributed by atoms with Crippen LogP contribution in [0.1, 0.15) is 37.6 Å². The lowest BCUT2D eigenvalue weighted by Gasteiger charge is -2.20. The summed E-state index contributed by atoms with van der Waals surface area (Å²) in [5.41, 5.74) is -0.184. The third kappa shape index (κ3) is 3.88. The highest BCUT2D eigenvalue weighted by molar-refractivity contribution is 5.97. The van der Waals surface area contributed by atoms with Crippen LogP contribution in [0.15, 0.2) is 18.2 Å². The summed E-state index contributed by atoms with van der Waals surface area (Å²) in [7, 11) is 0. The number of hydrogen-bond acceptors (Lipinski definition) is 3. The highest BCUT2D eigenvalue weighted by atomic mass is 16.4. The van der Waals surface area contributed by atoms with Crippen molar-refractivity contribution in [1.29, 1.82) is 0 Å². The summed E-state index contributed by atoms with van der Waals surface area (Å²) in [4.78, 5) is 22.7. The molecule has 6 heteroatoms. The number of rotatable bonds is 5. The van der Waals surface area contributed by atoms with Gasteiger partial charge in [0.1, 0.15) is 5.56 Å². The molecule has 0 fully saturated rings. The Hall–Kier alpha value is -2.24. The Kier molecular flexibility index (Phi) is 5.37. The number of hydrogen-bond donors (Lipinski definition) is 4. The number of aromatic hydroxyl groups is 1. The van der Waals surface area contributed by atoms with Crippen molar-refractivity contribution < 1.29 is 19.8 Å². The predicted octanol–water partition coefficient (Wildman–Crippen LogP) is 2.65. The van der Waals surface area contributed by atoms with Crippen LogP contribution in [0.4, 0.5) is 10.5 Å². The van der Waals surface area contributed by atoms with Crippen molar-refractivity contribution in [3.05, 3.63) is 23.8 Å². The summed E-state index contributed by atoms with van der Waals surface area (Å²) in [6.45, 7) is 5.94. The molecule has 0 radical (unpaired) electrons. The summed E-state index contributed by atoms with van der Waals surface area (Å²) in [5.74, 6) is -1.38. The quantitative estimate of drug-likeness (QED) is 0.623. The number of nitrogens with one attached hydrogen (secondary N) is 2. The van der Waals surface area contributed by atoms with Crippen molar-refractivity contribution in [2.24, 2.45) is 5.92 Å². The van der Waals surface area contributed by atoms with Crippen molar-refractivity contribution >= 4 is 17.7 Å². The zero-order valence-electron chi connectivity index (χ0n) is 11.8. The Balaban J connectivity index is 2.76. The standard InChI is InChI=1S/C14H20N2O4/c1-4-8(2)9(3)15-14(20)16-11-7-5-6-10(12(11)17)13(18)19/h5-9,17H,4H2,1-3H3,(H,18,19)(H2,15,16,20). The van der Waals surface area contributed by atoms with Crippen LogP contribution in [0, 0.1) is 5.92 Å². The van der Waals surface area contributed by atoms with Gasteiger partial charge >= 0.3 is 12.0 Å². The fraction of sp³-hybridized carbons (Fsp3) is 0.429. The lowest BCUT2D eigenvalue weighted by molar-refractivity contribution is 0.0693. The fourth-order valence-electron chi connectivity index (χ4n) is 1.68. The number of carboxylic acid groups (broad SMARTS) is 1. The molecule has 6 nitrogen and oxygen atoms in total. The number of urea groups is 1. The third-order valence-corrected chi connectivity index (χ3v) is 3.37. The molecule has 0 bridgehead atoms. The van der Waals surface area contributed by atoms with Crippen LogP contribution < -0.4 is 10.6 Å². The summed E-state index contributed by atoms with van der Waals surface area (Å²) in [5, 5.41) is 23.9. The van der Waals surface area contributed by atoms with E-state index < -0.39 is 17.7 Å². The molecular weight excluding hydrogens is 260 g/mol. The molecule has 2 amide bonds. The van der Waals surface area contributed by atoms with Crippen molar-refractivity contribution in [3.63, 3.8) is 0 Å². The number of carbonyl (C=O) groups excluding carboxylic acids is 1. The first-order chi connectivity index (χ1) is 9.36. The number of carbonyl (C=O) groups is 2. The van der Waals surface area contributed by atoms with Gasteiger partial charge in [-0.15, -0.1) is 0 Å². The second-order valence-electron chi connectivity index (χ2n) is 4.78. The van der Waals surface area contributed by atoms with Crippen LogP contribution >= 0.6 is 0 Å². The van der Waals surface area contributed by atoms with E-state index in [0.29, 0.717) is 5.92 Å². The van der Waals surface area contributed by atoms with Crippen molar-refractivity contribution in [1.82, 2.24) is 5.32 Å². The minimum absolute atomic E-state index is 0.0233. The first kappa shape index (κ1) is 15.8. The molecule has 0 spiro atoms. The van der Waals surface area contributed by atoms with Crippen LogP contribution in [-0.2, 0) is 0 Å². The van der Waals surface area contributed by atoms with Gasteiger partial charge in [0.15, 0.2) is 5.75 Å². The molecule has 1 rings (SSSR count). The molecule has 0 aliphatic rings. The number of anilines is 1. The highest BCUT2D eigenvalue weighted by Gasteiger charge is 2.17. The topological polar surface area (TPSA) is 98.7 Å². The Morgan fingerprint density at radius 2 is 1.95 bits per heavy atom. The molecule has 1 aromatic rings. The monoisotopic (exact) mass is 280 g/mol. The second-order valence-corrected chi connectivity index (χ2v) is 4.78. The van der Waals surface area contributed by atoms with Gasteiger partial charge in [0, 0.05) is 6.04 Å². The van der Waals surface area contributed by atoms with E-state index in [1.165, 1.54) is 18.2 Å². The molecular formula is C14H20N2O4. The normalized spacial score (nSPS) is 13.3. The lowest BCUT2D eigenvalue weighted by atomic mass is 10.0. The number of para-hydroxylation sites is 1. The van der Waals surface area contributed by atoms with Crippen LogP contribution in [-0.4, -0.2) is 28.3 Å². The first-order valence-corrected chi connectivity index (χ1v) is 6.49. The Morgan fingerprint density at radius 1 is 1.30 bits per heavy atom. The zero-order chi connectivity index (χ0) is 15.3. The van der Waals surface area contributed by atoms with Gasteiger partial charge in [0.2, 0.25) is 0 Å². The molecule has 0 saturated heterocycles. The molecule has 0 aromatic heterocycles. The average molecular weight is 280 g/mol. The number of aromatic carboxylic acids is 1. The summed E-state index contributed by atoms with van der Waals surface area (Å²) < 4.78 is 0. The molecule has 0 aliphatic carbocycles. The molecule has 4 N–H and O–H groups in total. The summed E-state index contributed by atoms with van der Waals surface area (Å²) in [6.07, 6.45) is 0.932. The van der Waals surface area contributed by atoms with Crippen molar-refractivity contribution in [2.45, 2.75) is 33.2 Å². The molecule has 0 heterocycles. The number of carboxylic acids is 1. The smallest absolute Gasteiger partial charge is 0.339 e. The van der Waals surface area contributed by atoms with Crippen molar-refractivity contribution in [3.8, 4) is 5.75 Å². The highest BCUT2D eigenvalue weighted by Crippen LogP contribution is 2.27. The predicted molar refractivity (Wildman–Crippen MR) is 76.1 cm³/mol. The Morgan fingerprint density at radius 3 is 2.50 bits per heavy atom. The first-order valence-electron chi connectivity index (χ1n) is 6.49. The maximum Gasteiger partial charge on any atom is 0.339 e. The van der Waals surface area contributed by atoms with E-state index in [1.54, 1.807) is 0 Å². The van der Waals surface area contributed by atoms with Crippen LogP contribution in [0.25, 0.3) is 0 Å². The Labute approximate surface area is 117 Å². The maximum atomic E-state index is 11.8. The number of amides is 2. The van der Waals surface area contributed by atoms with E-state index >= 15 is 0 Å². The zero-order valence-corrected chi connectivity index (χ0v) is 11.8. The molecule has 2 atom stereocenters. The van der Waals surface area contributed by atoms with Crippen LogP contribution in [0.5, 0.6) is 5.75 Å². The maximum absolute atomic E-state index is 11.8. The average Bonchev–Trinajstić information content (AvgIpc) is 2.39. The minimum Gasteiger partial charge on any atom is -0.505 e. The van der Waals surface area contributed by atoms with Crippen LogP contribution in [0.2, 0.25) is 0 Å². The molecule has 1 aromatic carbocycles. The van der Waals surface area contributed by atoms with Crippen LogP contribution in [0.3, 0.4) is 0 Å². The molecule has 0 saturated carbocycles. The molecule has 2 unspecified atom stereocenters. The largest absolute Gasteiger partial charge is 0.505 e. The van der Waals surface area contributed by atoms with Gasteiger partial charge < -0.3 is 20.8 Å². The van der Waals surface area contributed by atoms with E-state index in [-0.39, 0.29) is 17.3 Å². The van der Waals surface area contributed by atoms with Crippen molar-refractivity contribution in [2.75, 3.05) is 5.32 Å². The number of benzene rings is 1. The van der Waals surface area contributed by atoms with Gasteiger partial charge in [-0.2, -0.15) is 0 Å². The third-order valence-electron chi connectivity index (χ3n) is 3.37. The van der Waals surface area contributed by atoms with E-state index in [1.807, 2.05) is 20.8 Å². The molecule has 110 valence electrons. The van der Waals surface area contributed by atoms with Gasteiger partial charge in [-0.25, -0.2) is 9.59 Å². The van der Waals surface area contributed by atoms with Gasteiger partial charge in [0.05, 0.1) is 5.69 Å². The minimum atomic E-state index is -1.25. The lowest BCUT2D eigenvalue weighted by Crippen LogP contribution is -2.39. The van der Waals surface area contributed by atoms with Gasteiger partial charge in [0.25, 0.3) is 0 Å². The van der Waals surface area contributed by atoms with E-state index in [2.05, 4.69) is 10.6 Å². The summed E-state index contributed by atoms with van der Waals surface area (Å²) in [6, 6.07) is 3.66. The van der Waals surface area contributed by atoms with E-state index in [0.717, 1.165) is 6.42 Å². The van der Waals surface area contributed by atoms with E-state index in [4.69, 9.17) is 5.11 Å². The second kappa shape index (κ2) is 6.79.